The maximum absolute atomic E-state index is 12.5. The molecule has 134 valence electrons. The van der Waals surface area contributed by atoms with E-state index in [2.05, 4.69) is 22.7 Å². The number of hydrogen-bond acceptors (Lipinski definition) is 4. The van der Waals surface area contributed by atoms with Crippen molar-refractivity contribution < 1.29 is 9.59 Å². The molecule has 0 radical (unpaired) electrons. The van der Waals surface area contributed by atoms with Crippen molar-refractivity contribution in [2.45, 2.75) is 46.2 Å². The van der Waals surface area contributed by atoms with Gasteiger partial charge in [0.2, 0.25) is 11.8 Å². The minimum absolute atomic E-state index is 0.189. The first kappa shape index (κ1) is 18.5. The van der Waals surface area contributed by atoms with Crippen molar-refractivity contribution in [2.75, 3.05) is 10.6 Å². The van der Waals surface area contributed by atoms with Crippen LogP contribution < -0.4 is 16.4 Å². The number of nitrogens with zero attached hydrogens (tertiary/aromatic N) is 2. The second-order valence-corrected chi connectivity index (χ2v) is 6.17. The summed E-state index contributed by atoms with van der Waals surface area (Å²) < 4.78 is 1.79. The molecule has 0 saturated carbocycles. The summed E-state index contributed by atoms with van der Waals surface area (Å²) in [5.74, 6) is -0.0170. The Balaban J connectivity index is 2.07. The van der Waals surface area contributed by atoms with Gasteiger partial charge in [-0.05, 0) is 44.9 Å². The molecule has 0 aliphatic rings. The first-order chi connectivity index (χ1) is 11.8. The van der Waals surface area contributed by atoms with Crippen molar-refractivity contribution in [1.82, 2.24) is 9.78 Å². The van der Waals surface area contributed by atoms with Gasteiger partial charge in [-0.25, -0.2) is 4.68 Å². The van der Waals surface area contributed by atoms with Crippen LogP contribution in [0.1, 0.15) is 49.2 Å². The van der Waals surface area contributed by atoms with Crippen LogP contribution >= 0.6 is 0 Å². The summed E-state index contributed by atoms with van der Waals surface area (Å²) in [6.45, 7) is 7.68. The quantitative estimate of drug-likeness (QED) is 0.719. The molecule has 2 atom stereocenters. The van der Waals surface area contributed by atoms with Crippen molar-refractivity contribution in [3.63, 3.8) is 0 Å². The Morgan fingerprint density at radius 2 is 2.00 bits per heavy atom. The van der Waals surface area contributed by atoms with Gasteiger partial charge in [0.05, 0.1) is 12.2 Å². The molecule has 25 heavy (non-hydrogen) atoms. The lowest BCUT2D eigenvalue weighted by molar-refractivity contribution is -0.116. The summed E-state index contributed by atoms with van der Waals surface area (Å²) >= 11 is 0. The number of carbonyl (C=O) groups excluding carboxylic acids is 2. The summed E-state index contributed by atoms with van der Waals surface area (Å²) in [5.41, 5.74) is 7.27. The predicted octanol–water partition coefficient (Wildman–Crippen LogP) is 2.70. The Labute approximate surface area is 147 Å². The van der Waals surface area contributed by atoms with Crippen LogP contribution in [0, 0.1) is 6.92 Å². The lowest BCUT2D eigenvalue weighted by Crippen LogP contribution is -2.33. The first-order valence-electron chi connectivity index (χ1n) is 8.34. The van der Waals surface area contributed by atoms with E-state index >= 15 is 0 Å². The molecule has 2 unspecified atom stereocenters. The SMILES string of the molecule is CCC(C)n1nccc1NC(=O)C(C)Nc1ccc(C)c(C(N)=O)c1. The summed E-state index contributed by atoms with van der Waals surface area (Å²) in [7, 11) is 0. The van der Waals surface area contributed by atoms with Gasteiger partial charge in [-0.2, -0.15) is 5.10 Å². The zero-order valence-corrected chi connectivity index (χ0v) is 15.0. The van der Waals surface area contributed by atoms with Gasteiger partial charge in [0.1, 0.15) is 11.9 Å². The molecule has 0 saturated heterocycles. The third-order valence-electron chi connectivity index (χ3n) is 4.21. The normalized spacial score (nSPS) is 13.1. The van der Waals surface area contributed by atoms with Crippen LogP contribution in [0.25, 0.3) is 0 Å². The summed E-state index contributed by atoms with van der Waals surface area (Å²) in [4.78, 5) is 23.9. The zero-order valence-electron chi connectivity index (χ0n) is 15.0. The van der Waals surface area contributed by atoms with E-state index in [1.807, 2.05) is 19.9 Å². The number of nitrogens with two attached hydrogens (primary N) is 1. The molecule has 0 spiro atoms. The maximum Gasteiger partial charge on any atom is 0.249 e. The van der Waals surface area contributed by atoms with Crippen molar-refractivity contribution in [3.05, 3.63) is 41.6 Å². The first-order valence-corrected chi connectivity index (χ1v) is 8.34. The van der Waals surface area contributed by atoms with Crippen LogP contribution in [0.3, 0.4) is 0 Å². The Hall–Kier alpha value is -2.83. The molecule has 2 rings (SSSR count). The number of hydrogen-bond donors (Lipinski definition) is 3. The predicted molar refractivity (Wildman–Crippen MR) is 98.6 cm³/mol. The Kier molecular flexibility index (Phi) is 5.80. The number of anilines is 2. The Morgan fingerprint density at radius 3 is 2.64 bits per heavy atom. The minimum atomic E-state index is -0.497. The van der Waals surface area contributed by atoms with Gasteiger partial charge in [-0.15, -0.1) is 0 Å². The minimum Gasteiger partial charge on any atom is -0.374 e. The summed E-state index contributed by atoms with van der Waals surface area (Å²) in [5, 5.41) is 10.2. The van der Waals surface area contributed by atoms with Gasteiger partial charge in [-0.3, -0.25) is 9.59 Å². The molecule has 7 nitrogen and oxygen atoms in total. The number of aromatic nitrogens is 2. The molecular weight excluding hydrogens is 318 g/mol. The summed E-state index contributed by atoms with van der Waals surface area (Å²) in [6.07, 6.45) is 2.58. The number of primary amides is 1. The average molecular weight is 343 g/mol. The van der Waals surface area contributed by atoms with Gasteiger partial charge in [0, 0.05) is 17.3 Å². The molecule has 1 heterocycles. The van der Waals surface area contributed by atoms with Crippen LogP contribution in [0.2, 0.25) is 0 Å². The largest absolute Gasteiger partial charge is 0.374 e. The van der Waals surface area contributed by atoms with E-state index in [4.69, 9.17) is 5.73 Å². The molecule has 0 bridgehead atoms. The molecule has 0 fully saturated rings. The fourth-order valence-electron chi connectivity index (χ4n) is 2.46. The number of aryl methyl sites for hydroxylation is 1. The van der Waals surface area contributed by atoms with Crippen molar-refractivity contribution in [1.29, 1.82) is 0 Å². The Morgan fingerprint density at radius 1 is 1.28 bits per heavy atom. The highest BCUT2D eigenvalue weighted by Crippen LogP contribution is 2.18. The monoisotopic (exact) mass is 343 g/mol. The number of nitrogens with one attached hydrogen (secondary N) is 2. The number of benzene rings is 1. The van der Waals surface area contributed by atoms with Crippen molar-refractivity contribution >= 4 is 23.3 Å². The second-order valence-electron chi connectivity index (χ2n) is 6.17. The topological polar surface area (TPSA) is 102 Å². The smallest absolute Gasteiger partial charge is 0.249 e. The van der Waals surface area contributed by atoms with Gasteiger partial charge in [-0.1, -0.05) is 13.0 Å². The number of rotatable bonds is 7. The van der Waals surface area contributed by atoms with Crippen molar-refractivity contribution in [2.24, 2.45) is 5.73 Å². The van der Waals surface area contributed by atoms with Crippen LogP contribution in [0.15, 0.2) is 30.5 Å². The maximum atomic E-state index is 12.5. The fraction of sp³-hybridized carbons (Fsp3) is 0.389. The third-order valence-corrected chi connectivity index (χ3v) is 4.21. The van der Waals surface area contributed by atoms with E-state index in [9.17, 15) is 9.59 Å². The van der Waals surface area contributed by atoms with E-state index in [-0.39, 0.29) is 11.9 Å². The lowest BCUT2D eigenvalue weighted by Gasteiger charge is -2.18. The molecule has 0 aliphatic carbocycles. The molecule has 2 amide bonds. The van der Waals surface area contributed by atoms with Crippen LogP contribution in [-0.2, 0) is 4.79 Å². The molecule has 2 aromatic rings. The molecule has 4 N–H and O–H groups in total. The number of amides is 2. The molecule has 0 aliphatic heterocycles. The van der Waals surface area contributed by atoms with Gasteiger partial charge < -0.3 is 16.4 Å². The van der Waals surface area contributed by atoms with E-state index < -0.39 is 11.9 Å². The highest BCUT2D eigenvalue weighted by atomic mass is 16.2. The molecular formula is C18H25N5O2. The average Bonchev–Trinajstić information content (AvgIpc) is 3.03. The number of carbonyl (C=O) groups is 2. The second kappa shape index (κ2) is 7.83. The fourth-order valence-corrected chi connectivity index (χ4v) is 2.46. The van der Waals surface area contributed by atoms with E-state index in [0.29, 0.717) is 17.1 Å². The Bertz CT molecular complexity index is 769. The van der Waals surface area contributed by atoms with Gasteiger partial charge in [0.15, 0.2) is 0 Å². The molecule has 1 aromatic carbocycles. The lowest BCUT2D eigenvalue weighted by atomic mass is 10.1. The van der Waals surface area contributed by atoms with E-state index in [0.717, 1.165) is 12.0 Å². The third kappa shape index (κ3) is 4.37. The standard InChI is InChI=1S/C18H25N5O2/c1-5-12(3)23-16(8-9-20-23)22-18(25)13(4)21-14-7-6-11(2)15(10-14)17(19)24/h6-10,12-13,21H,5H2,1-4H3,(H2,19,24)(H,22,25). The van der Waals surface area contributed by atoms with Gasteiger partial charge in [0.25, 0.3) is 0 Å². The molecule has 7 heteroatoms. The van der Waals surface area contributed by atoms with Crippen LogP contribution in [0.5, 0.6) is 0 Å². The van der Waals surface area contributed by atoms with E-state index in [1.165, 1.54) is 0 Å². The summed E-state index contributed by atoms with van der Waals surface area (Å²) in [6, 6.07) is 6.74. The van der Waals surface area contributed by atoms with Crippen molar-refractivity contribution in [3.8, 4) is 0 Å². The highest BCUT2D eigenvalue weighted by Gasteiger charge is 2.17. The highest BCUT2D eigenvalue weighted by molar-refractivity contribution is 5.97. The molecule has 1 aromatic heterocycles. The van der Waals surface area contributed by atoms with Gasteiger partial charge >= 0.3 is 0 Å². The van der Waals surface area contributed by atoms with Crippen LogP contribution in [0.4, 0.5) is 11.5 Å². The van der Waals surface area contributed by atoms with Crippen LogP contribution in [-0.4, -0.2) is 27.6 Å². The zero-order chi connectivity index (χ0) is 18.6. The van der Waals surface area contributed by atoms with E-state index in [1.54, 1.807) is 36.0 Å².